The van der Waals surface area contributed by atoms with Crippen LogP contribution in [-0.2, 0) is 24.3 Å². The zero-order valence-corrected chi connectivity index (χ0v) is 17.0. The predicted octanol–water partition coefficient (Wildman–Crippen LogP) is 3.64. The van der Waals surface area contributed by atoms with Crippen molar-refractivity contribution in [2.24, 2.45) is 11.3 Å². The third-order valence-electron chi connectivity index (χ3n) is 5.65. The second kappa shape index (κ2) is 7.49. The molecular weight excluding hydrogens is 354 g/mol. The Balaban J connectivity index is 1.46. The van der Waals surface area contributed by atoms with Crippen LogP contribution >= 0.6 is 0 Å². The number of ether oxygens (including phenoxy) is 2. The fourth-order valence-corrected chi connectivity index (χ4v) is 4.26. The van der Waals surface area contributed by atoms with E-state index in [1.165, 1.54) is 5.56 Å². The van der Waals surface area contributed by atoms with Gasteiger partial charge in [0.15, 0.2) is 11.5 Å². The highest BCUT2D eigenvalue weighted by molar-refractivity contribution is 5.77. The molecule has 0 bridgehead atoms. The molecule has 150 valence electrons. The molecule has 1 aromatic carbocycles. The molecule has 6 heteroatoms. The van der Waals surface area contributed by atoms with Crippen molar-refractivity contribution in [3.63, 3.8) is 0 Å². The fraction of sp³-hybridized carbons (Fsp3) is 0.545. The van der Waals surface area contributed by atoms with E-state index in [-0.39, 0.29) is 11.3 Å². The summed E-state index contributed by atoms with van der Waals surface area (Å²) in [6, 6.07) is 6.17. The molecule has 6 nitrogen and oxygen atoms in total. The Kier molecular flexibility index (Phi) is 5.04. The second-order valence-corrected chi connectivity index (χ2v) is 8.86. The zero-order chi connectivity index (χ0) is 19.7. The normalized spacial score (nSPS) is 21.6. The molecular formula is C22H29N3O3. The van der Waals surface area contributed by atoms with Gasteiger partial charge in [-0.25, -0.2) is 4.98 Å². The molecule has 4 rings (SSSR count). The molecule has 1 aromatic heterocycles. The Morgan fingerprint density at radius 2 is 2.07 bits per heavy atom. The van der Waals surface area contributed by atoms with Crippen LogP contribution in [0.1, 0.15) is 44.9 Å². The highest BCUT2D eigenvalue weighted by atomic mass is 16.7. The van der Waals surface area contributed by atoms with E-state index in [1.807, 2.05) is 23.5 Å². The molecule has 2 aliphatic rings. The maximum absolute atomic E-state index is 12.6. The molecule has 0 saturated carbocycles. The minimum Gasteiger partial charge on any atom is -0.454 e. The van der Waals surface area contributed by atoms with Gasteiger partial charge in [-0.1, -0.05) is 26.8 Å². The van der Waals surface area contributed by atoms with E-state index in [0.29, 0.717) is 25.7 Å². The van der Waals surface area contributed by atoms with Crippen molar-refractivity contribution in [2.45, 2.75) is 53.1 Å². The molecule has 2 aromatic rings. The lowest BCUT2D eigenvalue weighted by Crippen LogP contribution is -2.46. The van der Waals surface area contributed by atoms with Gasteiger partial charge in [-0.3, -0.25) is 4.79 Å². The average Bonchev–Trinajstić information content (AvgIpc) is 3.27. The van der Waals surface area contributed by atoms with E-state index in [4.69, 9.17) is 9.47 Å². The van der Waals surface area contributed by atoms with Crippen LogP contribution in [0.4, 0.5) is 0 Å². The van der Waals surface area contributed by atoms with Crippen molar-refractivity contribution >= 4 is 5.91 Å². The number of piperidine rings is 1. The van der Waals surface area contributed by atoms with E-state index in [2.05, 4.69) is 42.5 Å². The van der Waals surface area contributed by atoms with E-state index < -0.39 is 0 Å². The van der Waals surface area contributed by atoms with Crippen molar-refractivity contribution in [1.29, 1.82) is 0 Å². The topological polar surface area (TPSA) is 56.6 Å². The van der Waals surface area contributed by atoms with Crippen molar-refractivity contribution < 1.29 is 14.3 Å². The van der Waals surface area contributed by atoms with Crippen LogP contribution in [0.2, 0.25) is 0 Å². The van der Waals surface area contributed by atoms with Crippen molar-refractivity contribution in [3.05, 3.63) is 42.0 Å². The number of hydrogen-bond donors (Lipinski definition) is 0. The summed E-state index contributed by atoms with van der Waals surface area (Å²) in [6.45, 7) is 9.27. The largest absolute Gasteiger partial charge is 0.454 e. The van der Waals surface area contributed by atoms with Gasteiger partial charge in [0.2, 0.25) is 12.7 Å². The lowest BCUT2D eigenvalue weighted by atomic mass is 9.76. The van der Waals surface area contributed by atoms with Gasteiger partial charge >= 0.3 is 0 Å². The fourth-order valence-electron chi connectivity index (χ4n) is 4.26. The van der Waals surface area contributed by atoms with Crippen molar-refractivity contribution in [3.8, 4) is 11.5 Å². The standard InChI is InChI=1S/C22H29N3O3/c1-16(2)11-25-14-23-10-18(25)12-24-13-22(3,7-6-21(24)26)9-17-4-5-19-20(8-17)28-15-27-19/h4-5,8,10,14,16H,6-7,9,11-13,15H2,1-3H3/t22-/m1/s1. The summed E-state index contributed by atoms with van der Waals surface area (Å²) in [5, 5.41) is 0. The van der Waals surface area contributed by atoms with Gasteiger partial charge in [-0.15, -0.1) is 0 Å². The van der Waals surface area contributed by atoms with Crippen molar-refractivity contribution in [2.75, 3.05) is 13.3 Å². The van der Waals surface area contributed by atoms with Crippen LogP contribution < -0.4 is 9.47 Å². The second-order valence-electron chi connectivity index (χ2n) is 8.86. The number of nitrogens with zero attached hydrogens (tertiary/aromatic N) is 3. The summed E-state index contributed by atoms with van der Waals surface area (Å²) >= 11 is 0. The molecule has 0 radical (unpaired) electrons. The van der Waals surface area contributed by atoms with Gasteiger partial charge in [0, 0.05) is 25.7 Å². The smallest absolute Gasteiger partial charge is 0.231 e. The van der Waals surface area contributed by atoms with Gasteiger partial charge in [-0.2, -0.15) is 0 Å². The Morgan fingerprint density at radius 1 is 1.25 bits per heavy atom. The monoisotopic (exact) mass is 383 g/mol. The number of imidazole rings is 1. The molecule has 1 amide bonds. The molecule has 2 aliphatic heterocycles. The first-order chi connectivity index (χ1) is 13.4. The van der Waals surface area contributed by atoms with Crippen LogP contribution in [0.5, 0.6) is 11.5 Å². The molecule has 28 heavy (non-hydrogen) atoms. The van der Waals surface area contributed by atoms with Crippen LogP contribution in [0.15, 0.2) is 30.7 Å². The lowest BCUT2D eigenvalue weighted by molar-refractivity contribution is -0.138. The summed E-state index contributed by atoms with van der Waals surface area (Å²) in [7, 11) is 0. The molecule has 0 N–H and O–H groups in total. The molecule has 1 fully saturated rings. The summed E-state index contributed by atoms with van der Waals surface area (Å²) in [4.78, 5) is 18.9. The number of amides is 1. The summed E-state index contributed by atoms with van der Waals surface area (Å²) in [5.41, 5.74) is 2.38. The zero-order valence-electron chi connectivity index (χ0n) is 17.0. The lowest BCUT2D eigenvalue weighted by Gasteiger charge is -2.40. The maximum atomic E-state index is 12.6. The van der Waals surface area contributed by atoms with Crippen LogP contribution in [0.3, 0.4) is 0 Å². The summed E-state index contributed by atoms with van der Waals surface area (Å²) in [5.74, 6) is 2.41. The highest BCUT2D eigenvalue weighted by Crippen LogP contribution is 2.38. The van der Waals surface area contributed by atoms with Crippen LogP contribution in [0, 0.1) is 11.3 Å². The third kappa shape index (κ3) is 4.01. The Labute approximate surface area is 166 Å². The van der Waals surface area contributed by atoms with Gasteiger partial charge < -0.3 is 18.9 Å². The number of likely N-dealkylation sites (tertiary alicyclic amines) is 1. The number of carbonyl (C=O) groups excluding carboxylic acids is 1. The summed E-state index contributed by atoms with van der Waals surface area (Å²) < 4.78 is 13.1. The predicted molar refractivity (Wildman–Crippen MR) is 106 cm³/mol. The molecule has 0 aliphatic carbocycles. The van der Waals surface area contributed by atoms with Gasteiger partial charge in [0.25, 0.3) is 0 Å². The van der Waals surface area contributed by atoms with Gasteiger partial charge in [0.1, 0.15) is 0 Å². The third-order valence-corrected chi connectivity index (χ3v) is 5.65. The van der Waals surface area contributed by atoms with E-state index in [0.717, 1.165) is 43.1 Å². The Hall–Kier alpha value is -2.50. The number of fused-ring (bicyclic) bond motifs is 1. The molecule has 0 spiro atoms. The number of carbonyl (C=O) groups is 1. The van der Waals surface area contributed by atoms with Gasteiger partial charge in [-0.05, 0) is 41.9 Å². The number of hydrogen-bond acceptors (Lipinski definition) is 4. The van der Waals surface area contributed by atoms with Crippen LogP contribution in [0.25, 0.3) is 0 Å². The minimum atomic E-state index is 0.0461. The highest BCUT2D eigenvalue weighted by Gasteiger charge is 2.35. The maximum Gasteiger partial charge on any atom is 0.231 e. The van der Waals surface area contributed by atoms with E-state index in [1.54, 1.807) is 0 Å². The SMILES string of the molecule is CC(C)Cn1cncc1CN1C[C@@](C)(Cc2ccc3c(c2)OCO3)CCC1=O. The first-order valence-corrected chi connectivity index (χ1v) is 10.1. The van der Waals surface area contributed by atoms with Gasteiger partial charge in [0.05, 0.1) is 18.6 Å². The molecule has 1 saturated heterocycles. The first-order valence-electron chi connectivity index (χ1n) is 10.1. The molecule has 3 heterocycles. The van der Waals surface area contributed by atoms with E-state index in [9.17, 15) is 4.79 Å². The number of rotatable bonds is 6. The number of benzene rings is 1. The average molecular weight is 383 g/mol. The first kappa shape index (κ1) is 18.8. The Morgan fingerprint density at radius 3 is 2.89 bits per heavy atom. The quantitative estimate of drug-likeness (QED) is 0.764. The molecule has 0 unspecified atom stereocenters. The number of aromatic nitrogens is 2. The van der Waals surface area contributed by atoms with E-state index >= 15 is 0 Å². The van der Waals surface area contributed by atoms with Crippen LogP contribution in [-0.4, -0.2) is 33.7 Å². The van der Waals surface area contributed by atoms with Crippen molar-refractivity contribution in [1.82, 2.24) is 14.5 Å². The Bertz CT molecular complexity index is 860. The summed E-state index contributed by atoms with van der Waals surface area (Å²) in [6.07, 6.45) is 6.18. The molecule has 1 atom stereocenters. The minimum absolute atomic E-state index is 0.0461.